The number of fused-ring (bicyclic) bond motifs is 3. The van der Waals surface area contributed by atoms with E-state index in [1.165, 1.54) is 45.9 Å². The number of nitrogens with zero attached hydrogens (tertiary/aromatic N) is 4. The number of carbonyl (C=O) groups excluding carboxylic acids is 1. The molecule has 0 unspecified atom stereocenters. The van der Waals surface area contributed by atoms with Crippen LogP contribution in [-0.4, -0.2) is 203 Å². The molecule has 34 nitrogen and oxygen atoms in total. The number of aromatic amines is 4. The molecule has 4 aromatic heterocycles. The predicted molar refractivity (Wildman–Crippen MR) is 432 cm³/mol. The van der Waals surface area contributed by atoms with Gasteiger partial charge in [-0.2, -0.15) is 0 Å². The number of ketones is 1. The highest BCUT2D eigenvalue weighted by atomic mass is 28.5. The lowest BCUT2D eigenvalue weighted by Gasteiger charge is -2.51. The topological polar surface area (TPSA) is 437 Å². The molecule has 0 spiro atoms. The molecule has 14 atom stereocenters. The van der Waals surface area contributed by atoms with E-state index in [0.717, 1.165) is 21.4 Å². The number of nitrogens with one attached hydrogen (secondary N) is 4. The number of rotatable bonds is 17. The van der Waals surface area contributed by atoms with E-state index in [1.807, 2.05) is 4.98 Å². The predicted octanol–water partition coefficient (Wildman–Crippen LogP) is 6.81. The van der Waals surface area contributed by atoms with Gasteiger partial charge in [0.1, 0.15) is 61.0 Å². The van der Waals surface area contributed by atoms with E-state index in [9.17, 15) is 58.5 Å². The average Bonchev–Trinajstić information content (AvgIpc) is 1.71. The summed E-state index contributed by atoms with van der Waals surface area (Å²) in [5.41, 5.74) is -2.19. The summed E-state index contributed by atoms with van der Waals surface area (Å²) in [5, 5.41) is 39.3. The first-order chi connectivity index (χ1) is 52.6. The van der Waals surface area contributed by atoms with Crippen LogP contribution in [0.1, 0.15) is 191 Å². The van der Waals surface area contributed by atoms with Gasteiger partial charge in [-0.1, -0.05) is 173 Å². The molecular weight excluding hydrogens is 1570 g/mol. The number of carbonyl (C=O) groups is 1. The molecule has 0 aromatic carbocycles. The van der Waals surface area contributed by atoms with Crippen molar-refractivity contribution in [2.75, 3.05) is 26.4 Å². The molecule has 0 radical (unpaired) electrons. The average molecular weight is 1700 g/mol. The summed E-state index contributed by atoms with van der Waals surface area (Å²) >= 11 is 0. The standard InChI is InChI=1S/C22H38N2O6Si2.C21H38N2O7Si2.C21H36N2O7Si2.C9H12N2O6/c1-13(2)31(14(3)4)27-12-18-20(29-32(30-31,15(5)6)16(7)8)17(9)21(28-18)24-11-10-19(25)23-22(24)26;2*1-12(2)31(13(3)4)27-11-16-19(29-32(30-31,14(5)6)15(7)8)18(25)20(28-16)23-10-9-17(24)22-21(23)26;12-3-4-6(14)7(15)8(17-4)11-2-1-5(13)10-9(11)16/h10-11,13-16,18,20-21H,9,12H2,1-8H3,(H,23,25,26);9-10,12-16,18-20,25H,11H2,1-8H3,(H,22,24,26);9-10,12-16,19-20H,11H2,1-8H3,(H,22,24,26);1-2,4,6-8,12,14-15H,3H2,(H,10,13,16)/t18-,20+,21-;16-,18-,19-,20-;16-,19-,20-;4-,6-,7-,8-/m1111/s1. The normalized spacial score (nSPS) is 29.2. The van der Waals surface area contributed by atoms with E-state index in [1.54, 1.807) is 0 Å². The monoisotopic (exact) mass is 1700 g/mol. The van der Waals surface area contributed by atoms with E-state index in [4.69, 9.17) is 63.0 Å². The van der Waals surface area contributed by atoms with Crippen molar-refractivity contribution in [1.29, 1.82) is 0 Å². The van der Waals surface area contributed by atoms with E-state index < -0.39 is 189 Å². The number of aliphatic hydroxyl groups excluding tert-OH is 4. The first kappa shape index (κ1) is 93.3. The van der Waals surface area contributed by atoms with E-state index in [-0.39, 0.29) is 85.5 Å². The highest BCUT2D eigenvalue weighted by molar-refractivity contribution is 6.85. The van der Waals surface area contributed by atoms with Crippen molar-refractivity contribution in [3.8, 4) is 0 Å². The molecule has 113 heavy (non-hydrogen) atoms. The molecule has 40 heteroatoms. The van der Waals surface area contributed by atoms with E-state index >= 15 is 0 Å². The second kappa shape index (κ2) is 36.9. The van der Waals surface area contributed by atoms with Crippen LogP contribution >= 0.6 is 0 Å². The van der Waals surface area contributed by atoms with Gasteiger partial charge < -0.3 is 78.3 Å². The third-order valence-corrected chi connectivity index (χ3v) is 53.5. The van der Waals surface area contributed by atoms with Crippen molar-refractivity contribution >= 4 is 57.1 Å². The minimum Gasteiger partial charge on any atom is -0.414 e. The van der Waals surface area contributed by atoms with Crippen LogP contribution in [0.5, 0.6) is 0 Å². The van der Waals surface area contributed by atoms with Crippen molar-refractivity contribution < 1.29 is 83.1 Å². The Balaban J connectivity index is 0.000000193. The van der Waals surface area contributed by atoms with Crippen LogP contribution in [0.25, 0.3) is 0 Å². The third kappa shape index (κ3) is 18.5. The van der Waals surface area contributed by atoms with Crippen molar-refractivity contribution in [3.63, 3.8) is 0 Å². The summed E-state index contributed by atoms with van der Waals surface area (Å²) in [5.74, 6) is -0.363. The first-order valence-electron chi connectivity index (χ1n) is 39.4. The number of aliphatic hydroxyl groups is 4. The summed E-state index contributed by atoms with van der Waals surface area (Å²) in [7, 11) is -16.8. The highest BCUT2D eigenvalue weighted by Gasteiger charge is 2.66. The van der Waals surface area contributed by atoms with Crippen LogP contribution in [0.4, 0.5) is 0 Å². The zero-order valence-electron chi connectivity index (χ0n) is 69.7. The number of Topliss-reactive ketones (excluding diaryl/α,β-unsaturated/α-hetero) is 1. The second-order valence-corrected chi connectivity index (χ2v) is 60.5. The minimum absolute atomic E-state index is 0.0666. The molecule has 7 saturated heterocycles. The molecule has 0 amide bonds. The third-order valence-electron chi connectivity index (χ3n) is 22.8. The van der Waals surface area contributed by atoms with Gasteiger partial charge >= 0.3 is 74.1 Å². The molecule has 11 rings (SSSR count). The summed E-state index contributed by atoms with van der Waals surface area (Å²) in [4.78, 5) is 116. The van der Waals surface area contributed by atoms with Crippen LogP contribution in [0.2, 0.25) is 66.5 Å². The Kier molecular flexibility index (Phi) is 30.5. The lowest BCUT2D eigenvalue weighted by atomic mass is 10.1. The fourth-order valence-electron chi connectivity index (χ4n) is 16.5. The van der Waals surface area contributed by atoms with Gasteiger partial charge in [-0.3, -0.25) is 62.2 Å². The summed E-state index contributed by atoms with van der Waals surface area (Å²) in [6.07, 6.45) is -7.27. The Labute approximate surface area is 664 Å². The molecule has 0 saturated carbocycles. The Morgan fingerprint density at radius 1 is 0.372 bits per heavy atom. The lowest BCUT2D eigenvalue weighted by molar-refractivity contribution is -0.130. The molecule has 7 aliphatic rings. The van der Waals surface area contributed by atoms with E-state index in [2.05, 4.69) is 188 Å². The van der Waals surface area contributed by atoms with Gasteiger partial charge in [0, 0.05) is 54.6 Å². The van der Waals surface area contributed by atoms with Crippen molar-refractivity contribution in [3.05, 3.63) is 145 Å². The van der Waals surface area contributed by atoms with Gasteiger partial charge in [-0.05, 0) is 66.5 Å². The molecule has 0 aliphatic carbocycles. The van der Waals surface area contributed by atoms with E-state index in [0.29, 0.717) is 12.2 Å². The van der Waals surface area contributed by atoms with Crippen LogP contribution < -0.4 is 45.0 Å². The Bertz CT molecular complexity index is 4220. The largest absolute Gasteiger partial charge is 0.414 e. The van der Waals surface area contributed by atoms with Gasteiger partial charge in [-0.15, -0.1) is 0 Å². The minimum atomic E-state index is -2.97. The van der Waals surface area contributed by atoms with Crippen LogP contribution in [0.3, 0.4) is 0 Å². The maximum atomic E-state index is 13.4. The van der Waals surface area contributed by atoms with Gasteiger partial charge in [0.05, 0.1) is 26.4 Å². The summed E-state index contributed by atoms with van der Waals surface area (Å²) in [6.45, 7) is 55.5. The SMILES string of the molecule is C=C1[C@H](n2ccc(=O)[nH]c2=O)O[C@@H]2CO[Si](C(C)C)(C(C)C)O[Si](C(C)C)(C(C)C)O[C@@H]12.CC(C)[Si]1(C(C)C)OC[C@H]2O[C@@H](n3ccc(=O)[nH]c3=O)C(=O)[C@@H]2O[Si](C(C)C)(C(C)C)O1.CC(C)[Si]1(C(C)C)OC[C@H]2O[C@@H](n3ccc(=O)[nH]c3=O)[C@H](O)[C@@H]2O[Si](C(C)C)(C(C)C)O1.O=c1ccn([C@@H]2O[C@H](CO)[C@@H](O)[C@H]2O)c(=O)[nH]1. The van der Waals surface area contributed by atoms with Gasteiger partial charge in [0.2, 0.25) is 5.78 Å². The van der Waals surface area contributed by atoms with Crippen molar-refractivity contribution in [1.82, 2.24) is 38.2 Å². The van der Waals surface area contributed by atoms with Crippen LogP contribution in [0, 0.1) is 0 Å². The maximum absolute atomic E-state index is 13.4. The molecule has 636 valence electrons. The zero-order chi connectivity index (χ0) is 84.6. The smallest absolute Gasteiger partial charge is 0.335 e. The number of aromatic nitrogens is 8. The van der Waals surface area contributed by atoms with Crippen LogP contribution in [0.15, 0.2) is 99.6 Å². The fraction of sp³-hybridized carbons (Fsp3) is 0.740. The Hall–Kier alpha value is -5.25. The highest BCUT2D eigenvalue weighted by Crippen LogP contribution is 2.53. The molecule has 7 aliphatic heterocycles. The van der Waals surface area contributed by atoms with Crippen molar-refractivity contribution in [2.45, 2.75) is 319 Å². The fourth-order valence-corrected chi connectivity index (χ4v) is 50.1. The number of ether oxygens (including phenoxy) is 4. The second-order valence-electron chi connectivity index (χ2n) is 34.0. The number of hydrogen-bond acceptors (Lipinski definition) is 26. The Morgan fingerprint density at radius 2 is 0.664 bits per heavy atom. The van der Waals surface area contributed by atoms with Crippen molar-refractivity contribution in [2.24, 2.45) is 0 Å². The molecular formula is C73H124N8O26Si6. The molecule has 0 bridgehead atoms. The number of H-pyrrole nitrogens is 4. The van der Waals surface area contributed by atoms with Gasteiger partial charge in [-0.25, -0.2) is 19.2 Å². The van der Waals surface area contributed by atoms with Gasteiger partial charge in [0.15, 0.2) is 24.9 Å². The van der Waals surface area contributed by atoms with Gasteiger partial charge in [0.25, 0.3) is 22.2 Å². The molecule has 8 N–H and O–H groups in total. The molecule has 4 aromatic rings. The molecule has 7 fully saturated rings. The lowest BCUT2D eigenvalue weighted by Crippen LogP contribution is -2.65. The Morgan fingerprint density at radius 3 is 0.991 bits per heavy atom. The quantitative estimate of drug-likeness (QED) is 0.0397. The zero-order valence-corrected chi connectivity index (χ0v) is 75.7. The summed E-state index contributed by atoms with van der Waals surface area (Å²) in [6, 6.07) is 4.82. The molecule has 11 heterocycles. The first-order valence-corrected chi connectivity index (χ1v) is 51.2. The van der Waals surface area contributed by atoms with Crippen LogP contribution in [-0.2, 0) is 62.6 Å². The maximum Gasteiger partial charge on any atom is 0.335 e. The number of hydrogen-bond donors (Lipinski definition) is 8. The summed E-state index contributed by atoms with van der Waals surface area (Å²) < 4.78 is 90.0.